The van der Waals surface area contributed by atoms with Crippen molar-refractivity contribution in [3.05, 3.63) is 0 Å². The summed E-state index contributed by atoms with van der Waals surface area (Å²) in [7, 11) is 0. The van der Waals surface area contributed by atoms with Gasteiger partial charge in [-0.05, 0) is 24.8 Å². The van der Waals surface area contributed by atoms with Gasteiger partial charge in [0.05, 0.1) is 0 Å². The van der Waals surface area contributed by atoms with E-state index in [1.165, 1.54) is 0 Å². The summed E-state index contributed by atoms with van der Waals surface area (Å²) >= 11 is 0. The molecule has 0 unspecified atom stereocenters. The van der Waals surface area contributed by atoms with Gasteiger partial charge in [0.25, 0.3) is 0 Å². The van der Waals surface area contributed by atoms with E-state index in [0.717, 1.165) is 25.8 Å². The van der Waals surface area contributed by atoms with E-state index < -0.39 is 0 Å². The molecule has 0 saturated carbocycles. The van der Waals surface area contributed by atoms with Crippen LogP contribution in [0.4, 0.5) is 0 Å². The highest BCUT2D eigenvalue weighted by atomic mass is 14.7. The lowest BCUT2D eigenvalue weighted by Crippen LogP contribution is -2.34. The molecule has 0 rings (SSSR count). The smallest absolute Gasteiger partial charge is 0.00876 e. The zero-order chi connectivity index (χ0) is 8.91. The average molecular weight is 158 g/mol. The van der Waals surface area contributed by atoms with Crippen LogP contribution in [-0.2, 0) is 0 Å². The van der Waals surface area contributed by atoms with Crippen molar-refractivity contribution in [1.29, 1.82) is 0 Å². The van der Waals surface area contributed by atoms with Gasteiger partial charge in [0.2, 0.25) is 0 Å². The molecule has 0 aliphatic rings. The van der Waals surface area contributed by atoms with E-state index in [4.69, 9.17) is 11.5 Å². The van der Waals surface area contributed by atoms with E-state index in [9.17, 15) is 0 Å². The van der Waals surface area contributed by atoms with Gasteiger partial charge in [0.1, 0.15) is 0 Å². The summed E-state index contributed by atoms with van der Waals surface area (Å²) in [6, 6.07) is 0.314. The Morgan fingerprint density at radius 3 is 2.09 bits per heavy atom. The number of hydrogen-bond donors (Lipinski definition) is 2. The summed E-state index contributed by atoms with van der Waals surface area (Å²) in [6.45, 7) is 7.33. The molecule has 0 aromatic heterocycles. The van der Waals surface area contributed by atoms with Gasteiger partial charge in [0, 0.05) is 6.04 Å². The molecule has 2 heteroatoms. The third kappa shape index (κ3) is 5.22. The Bertz CT molecular complexity index is 94.2. The lowest BCUT2D eigenvalue weighted by atomic mass is 9.84. The minimum absolute atomic E-state index is 0.245. The van der Waals surface area contributed by atoms with E-state index in [1.807, 2.05) is 0 Å². The summed E-state index contributed by atoms with van der Waals surface area (Å²) in [6.07, 6.45) is 3.36. The molecule has 0 spiro atoms. The molecule has 0 aromatic carbocycles. The molecule has 2 nitrogen and oxygen atoms in total. The fourth-order valence-electron chi connectivity index (χ4n) is 0.942. The van der Waals surface area contributed by atoms with Gasteiger partial charge in [-0.25, -0.2) is 0 Å². The van der Waals surface area contributed by atoms with E-state index in [-0.39, 0.29) is 5.41 Å². The number of rotatable bonds is 4. The van der Waals surface area contributed by atoms with E-state index in [0.29, 0.717) is 6.04 Å². The Balaban J connectivity index is 3.44. The molecule has 0 radical (unpaired) electrons. The Labute approximate surface area is 70.3 Å². The molecule has 4 N–H and O–H groups in total. The number of unbranched alkanes of at least 4 members (excludes halogenated alkanes) is 1. The van der Waals surface area contributed by atoms with Crippen LogP contribution in [0.1, 0.15) is 40.0 Å². The maximum absolute atomic E-state index is 5.95. The van der Waals surface area contributed by atoms with Crippen molar-refractivity contribution in [1.82, 2.24) is 0 Å². The van der Waals surface area contributed by atoms with Crippen molar-refractivity contribution < 1.29 is 0 Å². The molecule has 0 heterocycles. The summed E-state index contributed by atoms with van der Waals surface area (Å²) in [5.74, 6) is 0. The molecular formula is C9H22N2. The van der Waals surface area contributed by atoms with Crippen LogP contribution in [0.15, 0.2) is 0 Å². The Kier molecular flexibility index (Phi) is 4.69. The second-order valence-electron chi connectivity index (χ2n) is 4.26. The first kappa shape index (κ1) is 10.9. The van der Waals surface area contributed by atoms with Crippen LogP contribution in [0.2, 0.25) is 0 Å². The van der Waals surface area contributed by atoms with Crippen molar-refractivity contribution in [3.63, 3.8) is 0 Å². The van der Waals surface area contributed by atoms with E-state index >= 15 is 0 Å². The standard InChI is InChI=1S/C9H22N2/c1-9(2,3)8(11)6-4-5-7-10/h8H,4-7,10-11H2,1-3H3/t8-/m0/s1. The molecule has 0 saturated heterocycles. The highest BCUT2D eigenvalue weighted by Crippen LogP contribution is 2.20. The molecule has 0 aliphatic heterocycles. The maximum Gasteiger partial charge on any atom is 0.00876 e. The second kappa shape index (κ2) is 4.73. The third-order valence-corrected chi connectivity index (χ3v) is 2.08. The lowest BCUT2D eigenvalue weighted by Gasteiger charge is -2.26. The lowest BCUT2D eigenvalue weighted by molar-refractivity contribution is 0.300. The molecule has 1 atom stereocenters. The van der Waals surface area contributed by atoms with Crippen LogP contribution >= 0.6 is 0 Å². The molecule has 11 heavy (non-hydrogen) atoms. The first-order chi connectivity index (χ1) is 4.98. The number of nitrogens with two attached hydrogens (primary N) is 2. The van der Waals surface area contributed by atoms with Crippen LogP contribution < -0.4 is 11.5 Å². The van der Waals surface area contributed by atoms with Gasteiger partial charge in [0.15, 0.2) is 0 Å². The summed E-state index contributed by atoms with van der Waals surface area (Å²) in [5.41, 5.74) is 11.6. The van der Waals surface area contributed by atoms with E-state index in [1.54, 1.807) is 0 Å². The minimum atomic E-state index is 0.245. The van der Waals surface area contributed by atoms with Crippen molar-refractivity contribution in [2.24, 2.45) is 16.9 Å². The molecular weight excluding hydrogens is 136 g/mol. The minimum Gasteiger partial charge on any atom is -0.330 e. The van der Waals surface area contributed by atoms with Crippen LogP contribution in [0.5, 0.6) is 0 Å². The van der Waals surface area contributed by atoms with Gasteiger partial charge in [-0.15, -0.1) is 0 Å². The Hall–Kier alpha value is -0.0800. The number of hydrogen-bond acceptors (Lipinski definition) is 2. The van der Waals surface area contributed by atoms with Crippen LogP contribution in [0.25, 0.3) is 0 Å². The molecule has 68 valence electrons. The predicted octanol–water partition coefficient (Wildman–Crippen LogP) is 1.49. The van der Waals surface area contributed by atoms with Crippen molar-refractivity contribution in [3.8, 4) is 0 Å². The summed E-state index contributed by atoms with van der Waals surface area (Å²) < 4.78 is 0. The fourth-order valence-corrected chi connectivity index (χ4v) is 0.942. The quantitative estimate of drug-likeness (QED) is 0.609. The maximum atomic E-state index is 5.95. The zero-order valence-electron chi connectivity index (χ0n) is 8.06. The Morgan fingerprint density at radius 2 is 1.73 bits per heavy atom. The van der Waals surface area contributed by atoms with E-state index in [2.05, 4.69) is 20.8 Å². The zero-order valence-corrected chi connectivity index (χ0v) is 8.06. The fraction of sp³-hybridized carbons (Fsp3) is 1.00. The SMILES string of the molecule is CC(C)(C)[C@@H](N)CCCCN. The molecule has 0 aromatic rings. The highest BCUT2D eigenvalue weighted by molar-refractivity contribution is 4.76. The largest absolute Gasteiger partial charge is 0.330 e. The highest BCUT2D eigenvalue weighted by Gasteiger charge is 2.19. The normalized spacial score (nSPS) is 15.0. The molecule has 0 bridgehead atoms. The van der Waals surface area contributed by atoms with Gasteiger partial charge < -0.3 is 11.5 Å². The molecule has 0 amide bonds. The average Bonchev–Trinajstić information content (AvgIpc) is 1.86. The van der Waals surface area contributed by atoms with Gasteiger partial charge in [-0.1, -0.05) is 27.2 Å². The second-order valence-corrected chi connectivity index (χ2v) is 4.26. The first-order valence-electron chi connectivity index (χ1n) is 4.44. The topological polar surface area (TPSA) is 52.0 Å². The van der Waals surface area contributed by atoms with Gasteiger partial charge in [-0.3, -0.25) is 0 Å². The first-order valence-corrected chi connectivity index (χ1v) is 4.44. The van der Waals surface area contributed by atoms with Gasteiger partial charge >= 0.3 is 0 Å². The monoisotopic (exact) mass is 158 g/mol. The predicted molar refractivity (Wildman–Crippen MR) is 50.3 cm³/mol. The summed E-state index contributed by atoms with van der Waals surface area (Å²) in [5, 5.41) is 0. The van der Waals surface area contributed by atoms with Crippen LogP contribution in [-0.4, -0.2) is 12.6 Å². The molecule has 0 fully saturated rings. The van der Waals surface area contributed by atoms with Gasteiger partial charge in [-0.2, -0.15) is 0 Å². The summed E-state index contributed by atoms with van der Waals surface area (Å²) in [4.78, 5) is 0. The van der Waals surface area contributed by atoms with Crippen LogP contribution in [0.3, 0.4) is 0 Å². The van der Waals surface area contributed by atoms with Crippen molar-refractivity contribution in [2.45, 2.75) is 46.1 Å². The van der Waals surface area contributed by atoms with Crippen molar-refractivity contribution in [2.75, 3.05) is 6.54 Å². The van der Waals surface area contributed by atoms with Crippen molar-refractivity contribution >= 4 is 0 Å². The molecule has 0 aliphatic carbocycles. The Morgan fingerprint density at radius 1 is 1.18 bits per heavy atom. The van der Waals surface area contributed by atoms with Crippen LogP contribution in [0, 0.1) is 5.41 Å². The third-order valence-electron chi connectivity index (χ3n) is 2.08.